The quantitative estimate of drug-likeness (QED) is 0.921. The Kier molecular flexibility index (Phi) is 3.12. The molecule has 7 heteroatoms. The summed E-state index contributed by atoms with van der Waals surface area (Å²) in [7, 11) is 0. The third-order valence-electron chi connectivity index (χ3n) is 2.89. The number of oxime groups is 1. The van der Waals surface area contributed by atoms with E-state index in [2.05, 4.69) is 19.2 Å². The number of carbonyl (C=O) groups excluding carboxylic acids is 1. The monoisotopic (exact) mass is 276 g/mol. The Bertz CT molecular complexity index is 652. The van der Waals surface area contributed by atoms with Crippen molar-refractivity contribution in [1.82, 2.24) is 14.1 Å². The summed E-state index contributed by atoms with van der Waals surface area (Å²) in [4.78, 5) is 16.9. The van der Waals surface area contributed by atoms with Crippen LogP contribution in [0.25, 0.3) is 11.0 Å². The van der Waals surface area contributed by atoms with E-state index in [0.717, 1.165) is 22.3 Å². The normalized spacial score (nSPS) is 18.2. The predicted molar refractivity (Wildman–Crippen MR) is 71.9 cm³/mol. The van der Waals surface area contributed by atoms with E-state index in [1.807, 2.05) is 25.1 Å². The van der Waals surface area contributed by atoms with E-state index in [0.29, 0.717) is 13.0 Å². The van der Waals surface area contributed by atoms with Crippen LogP contribution in [0.5, 0.6) is 0 Å². The number of nitrogens with one attached hydrogen (secondary N) is 1. The molecule has 0 aliphatic carbocycles. The fourth-order valence-corrected chi connectivity index (χ4v) is 2.40. The van der Waals surface area contributed by atoms with Gasteiger partial charge < -0.3 is 10.2 Å². The lowest BCUT2D eigenvalue weighted by Gasteiger charge is -2.09. The van der Waals surface area contributed by atoms with Gasteiger partial charge in [0.05, 0.1) is 17.4 Å². The lowest BCUT2D eigenvalue weighted by Crippen LogP contribution is -2.34. The van der Waals surface area contributed by atoms with Crippen molar-refractivity contribution in [2.24, 2.45) is 5.16 Å². The number of hydrogen-bond donors (Lipinski definition) is 1. The number of fused-ring (bicyclic) bond motifs is 1. The second-order valence-corrected chi connectivity index (χ2v) is 4.96. The third kappa shape index (κ3) is 2.55. The van der Waals surface area contributed by atoms with Gasteiger partial charge in [0.1, 0.15) is 11.0 Å². The topological polar surface area (TPSA) is 76.5 Å². The molecule has 19 heavy (non-hydrogen) atoms. The smallest absolute Gasteiger partial charge is 0.264 e. The van der Waals surface area contributed by atoms with E-state index in [-0.39, 0.29) is 5.91 Å². The minimum atomic E-state index is -0.496. The van der Waals surface area contributed by atoms with Crippen LogP contribution in [-0.2, 0) is 16.2 Å². The Balaban J connectivity index is 1.61. The van der Waals surface area contributed by atoms with E-state index < -0.39 is 6.10 Å². The Morgan fingerprint density at radius 3 is 3.11 bits per heavy atom. The van der Waals surface area contributed by atoms with Crippen molar-refractivity contribution >= 4 is 34.4 Å². The highest BCUT2D eigenvalue weighted by Gasteiger charge is 2.25. The number of amides is 1. The first-order chi connectivity index (χ1) is 9.22. The molecule has 1 aliphatic rings. The Labute approximate surface area is 113 Å². The number of aromatic nitrogens is 2. The summed E-state index contributed by atoms with van der Waals surface area (Å²) in [5.41, 5.74) is 3.57. The molecule has 6 nitrogen and oxygen atoms in total. The second kappa shape index (κ2) is 4.93. The van der Waals surface area contributed by atoms with Crippen molar-refractivity contribution in [2.45, 2.75) is 26.0 Å². The van der Waals surface area contributed by atoms with Gasteiger partial charge in [0.15, 0.2) is 0 Å². The molecule has 1 N–H and O–H groups in total. The molecule has 3 rings (SSSR count). The molecule has 0 saturated carbocycles. The lowest BCUT2D eigenvalue weighted by atomic mass is 10.1. The molecule has 1 amide bonds. The maximum absolute atomic E-state index is 11.8. The Morgan fingerprint density at radius 2 is 2.32 bits per heavy atom. The van der Waals surface area contributed by atoms with Crippen LogP contribution in [0.3, 0.4) is 0 Å². The summed E-state index contributed by atoms with van der Waals surface area (Å²) in [5, 5.41) is 6.60. The molecule has 1 aromatic heterocycles. The van der Waals surface area contributed by atoms with Crippen molar-refractivity contribution in [3.63, 3.8) is 0 Å². The minimum Gasteiger partial charge on any atom is -0.382 e. The molecule has 2 aromatic rings. The summed E-state index contributed by atoms with van der Waals surface area (Å²) in [6.45, 7) is 2.29. The molecular formula is C12H12N4O2S. The van der Waals surface area contributed by atoms with E-state index in [4.69, 9.17) is 4.84 Å². The Hall–Kier alpha value is -2.02. The first-order valence-electron chi connectivity index (χ1n) is 5.90. The van der Waals surface area contributed by atoms with Crippen LogP contribution in [0.4, 0.5) is 0 Å². The molecule has 0 fully saturated rings. The molecule has 1 aliphatic heterocycles. The van der Waals surface area contributed by atoms with Crippen LogP contribution >= 0.6 is 11.7 Å². The van der Waals surface area contributed by atoms with Crippen LogP contribution in [0.1, 0.15) is 18.9 Å². The zero-order chi connectivity index (χ0) is 13.2. The van der Waals surface area contributed by atoms with Gasteiger partial charge in [0, 0.05) is 13.0 Å². The fraction of sp³-hybridized carbons (Fsp3) is 0.333. The third-order valence-corrected chi connectivity index (χ3v) is 3.45. The van der Waals surface area contributed by atoms with E-state index in [9.17, 15) is 4.79 Å². The van der Waals surface area contributed by atoms with E-state index >= 15 is 0 Å². The lowest BCUT2D eigenvalue weighted by molar-refractivity contribution is -0.131. The highest BCUT2D eigenvalue weighted by molar-refractivity contribution is 7.00. The molecular weight excluding hydrogens is 264 g/mol. The number of carbonyl (C=O) groups is 1. The first kappa shape index (κ1) is 12.0. The van der Waals surface area contributed by atoms with Crippen LogP contribution in [0, 0.1) is 0 Å². The van der Waals surface area contributed by atoms with Crippen molar-refractivity contribution in [3.8, 4) is 0 Å². The standard InChI is InChI=1S/C12H12N4O2S/c1-7-4-11(18-14-7)12(17)13-6-8-2-3-9-10(5-8)16-19-15-9/h2-3,5,11H,4,6H2,1H3,(H,13,17)/t11-/m0/s1. The molecule has 1 aromatic carbocycles. The SMILES string of the molecule is CC1=NO[C@H](C(=O)NCc2ccc3nsnc3c2)C1. The number of hydrogen-bond acceptors (Lipinski definition) is 6. The second-order valence-electron chi connectivity index (χ2n) is 4.43. The summed E-state index contributed by atoms with van der Waals surface area (Å²) in [5.74, 6) is -0.142. The molecule has 0 radical (unpaired) electrons. The minimum absolute atomic E-state index is 0.142. The van der Waals surface area contributed by atoms with Crippen LogP contribution in [-0.4, -0.2) is 26.5 Å². The van der Waals surface area contributed by atoms with Crippen LogP contribution < -0.4 is 5.32 Å². The molecule has 2 heterocycles. The molecule has 1 atom stereocenters. The molecule has 0 unspecified atom stereocenters. The van der Waals surface area contributed by atoms with Crippen LogP contribution in [0.2, 0.25) is 0 Å². The molecule has 0 saturated heterocycles. The molecule has 0 spiro atoms. The highest BCUT2D eigenvalue weighted by atomic mass is 32.1. The van der Waals surface area contributed by atoms with Gasteiger partial charge in [-0.05, 0) is 24.6 Å². The van der Waals surface area contributed by atoms with Gasteiger partial charge >= 0.3 is 0 Å². The fourth-order valence-electron chi connectivity index (χ4n) is 1.88. The zero-order valence-corrected chi connectivity index (χ0v) is 11.1. The zero-order valence-electron chi connectivity index (χ0n) is 10.3. The van der Waals surface area contributed by atoms with Gasteiger partial charge in [-0.1, -0.05) is 11.2 Å². The number of rotatable bonds is 3. The number of nitrogens with zero attached hydrogens (tertiary/aromatic N) is 3. The molecule has 0 bridgehead atoms. The van der Waals surface area contributed by atoms with Gasteiger partial charge in [-0.25, -0.2) is 0 Å². The van der Waals surface area contributed by atoms with Crippen LogP contribution in [0.15, 0.2) is 23.4 Å². The number of benzene rings is 1. The predicted octanol–water partition coefficient (Wildman–Crippen LogP) is 1.47. The average molecular weight is 276 g/mol. The largest absolute Gasteiger partial charge is 0.382 e. The average Bonchev–Trinajstić information content (AvgIpc) is 3.03. The summed E-state index contributed by atoms with van der Waals surface area (Å²) >= 11 is 1.18. The van der Waals surface area contributed by atoms with Crippen molar-refractivity contribution in [3.05, 3.63) is 23.8 Å². The van der Waals surface area contributed by atoms with Gasteiger partial charge in [-0.3, -0.25) is 4.79 Å². The molecule has 98 valence electrons. The van der Waals surface area contributed by atoms with Gasteiger partial charge in [-0.15, -0.1) is 0 Å². The van der Waals surface area contributed by atoms with Crippen molar-refractivity contribution in [2.75, 3.05) is 0 Å². The maximum Gasteiger partial charge on any atom is 0.264 e. The summed E-state index contributed by atoms with van der Waals surface area (Å²) in [6.07, 6.45) is 0.0607. The van der Waals surface area contributed by atoms with E-state index in [1.54, 1.807) is 0 Å². The van der Waals surface area contributed by atoms with Crippen molar-refractivity contribution in [1.29, 1.82) is 0 Å². The highest BCUT2D eigenvalue weighted by Crippen LogP contribution is 2.14. The first-order valence-corrected chi connectivity index (χ1v) is 6.63. The summed E-state index contributed by atoms with van der Waals surface area (Å²) in [6, 6.07) is 5.76. The summed E-state index contributed by atoms with van der Waals surface area (Å²) < 4.78 is 8.30. The maximum atomic E-state index is 11.8. The van der Waals surface area contributed by atoms with Gasteiger partial charge in [0.2, 0.25) is 6.10 Å². The Morgan fingerprint density at radius 1 is 1.47 bits per heavy atom. The van der Waals surface area contributed by atoms with Crippen molar-refractivity contribution < 1.29 is 9.63 Å². The van der Waals surface area contributed by atoms with Gasteiger partial charge in [-0.2, -0.15) is 8.75 Å². The van der Waals surface area contributed by atoms with Gasteiger partial charge in [0.25, 0.3) is 5.91 Å². The van der Waals surface area contributed by atoms with E-state index in [1.165, 1.54) is 11.7 Å².